The predicted molar refractivity (Wildman–Crippen MR) is 128 cm³/mol. The molecule has 1 N–H and O–H groups in total. The molecule has 4 aromatic rings. The van der Waals surface area contributed by atoms with Gasteiger partial charge in [0.1, 0.15) is 17.7 Å². The van der Waals surface area contributed by atoms with Crippen molar-refractivity contribution in [1.29, 1.82) is 5.26 Å². The molecular formula is C25H22FN5O2S. The van der Waals surface area contributed by atoms with Gasteiger partial charge < -0.3 is 9.73 Å². The molecule has 9 heteroatoms. The van der Waals surface area contributed by atoms with Crippen molar-refractivity contribution in [2.45, 2.75) is 32.9 Å². The van der Waals surface area contributed by atoms with Crippen molar-refractivity contribution in [3.8, 4) is 23.2 Å². The number of anilines is 1. The summed E-state index contributed by atoms with van der Waals surface area (Å²) in [7, 11) is 0. The van der Waals surface area contributed by atoms with Gasteiger partial charge in [0.15, 0.2) is 0 Å². The summed E-state index contributed by atoms with van der Waals surface area (Å²) in [6, 6.07) is 14.0. The average molecular weight is 476 g/mol. The number of benzene rings is 2. The van der Waals surface area contributed by atoms with Gasteiger partial charge in [0.05, 0.1) is 17.0 Å². The fourth-order valence-electron chi connectivity index (χ4n) is 3.55. The first kappa shape index (κ1) is 23.3. The summed E-state index contributed by atoms with van der Waals surface area (Å²) in [4.78, 5) is 12.8. The number of rotatable bonds is 6. The molecule has 0 aliphatic rings. The highest BCUT2D eigenvalue weighted by atomic mass is 32.2. The lowest BCUT2D eigenvalue weighted by Gasteiger charge is -2.13. The zero-order valence-corrected chi connectivity index (χ0v) is 20.0. The van der Waals surface area contributed by atoms with Gasteiger partial charge in [-0.3, -0.25) is 9.36 Å². The summed E-state index contributed by atoms with van der Waals surface area (Å²) in [6.07, 6.45) is 0. The molecule has 0 aliphatic carbocycles. The van der Waals surface area contributed by atoms with E-state index in [0.717, 1.165) is 28.6 Å². The Bertz CT molecular complexity index is 1430. The smallest absolute Gasteiger partial charge is 0.277 e. The topological polar surface area (TPSA) is 96.7 Å². The average Bonchev–Trinajstić information content (AvgIpc) is 3.37. The van der Waals surface area contributed by atoms with Gasteiger partial charge in [-0.2, -0.15) is 5.26 Å². The first-order valence-corrected chi connectivity index (χ1v) is 11.5. The Morgan fingerprint density at radius 2 is 1.94 bits per heavy atom. The van der Waals surface area contributed by atoms with Crippen molar-refractivity contribution in [3.05, 3.63) is 76.2 Å². The Morgan fingerprint density at radius 3 is 2.65 bits per heavy atom. The lowest BCUT2D eigenvalue weighted by Crippen LogP contribution is -2.17. The molecule has 1 amide bonds. The van der Waals surface area contributed by atoms with Crippen LogP contribution in [-0.2, 0) is 4.79 Å². The van der Waals surface area contributed by atoms with Crippen LogP contribution < -0.4 is 5.32 Å². The van der Waals surface area contributed by atoms with Crippen LogP contribution in [0.4, 0.5) is 10.2 Å². The molecule has 0 fully saturated rings. The number of carbonyl (C=O) groups is 1. The van der Waals surface area contributed by atoms with Gasteiger partial charge >= 0.3 is 0 Å². The van der Waals surface area contributed by atoms with Crippen LogP contribution in [0.15, 0.2) is 52.1 Å². The largest absolute Gasteiger partial charge is 0.411 e. The molecular weight excluding hydrogens is 453 g/mol. The van der Waals surface area contributed by atoms with Crippen LogP contribution in [0.1, 0.15) is 27.9 Å². The number of hydrogen-bond donors (Lipinski definition) is 1. The molecule has 0 bridgehead atoms. The number of nitrogens with one attached hydrogen (secondary N) is 1. The SMILES string of the molecule is Cc1ccc(-c2nnc(SCC(=O)Nc3c(C#N)c(C)c(C)n3-c3cccc(F)c3)o2)cc1C. The molecule has 0 radical (unpaired) electrons. The van der Waals surface area contributed by atoms with Crippen LogP contribution in [0, 0.1) is 44.8 Å². The Morgan fingerprint density at radius 1 is 1.15 bits per heavy atom. The highest BCUT2D eigenvalue weighted by Crippen LogP contribution is 2.31. The standard InChI is InChI=1S/C25H22FN5O2S/c1-14-8-9-18(10-15(14)2)24-29-30-25(33-24)34-13-22(32)28-23-21(12-27)16(3)17(4)31(23)20-7-5-6-19(26)11-20/h5-11H,13H2,1-4H3,(H,28,32). The lowest BCUT2D eigenvalue weighted by molar-refractivity contribution is -0.113. The molecule has 0 aliphatic heterocycles. The van der Waals surface area contributed by atoms with Crippen molar-refractivity contribution in [1.82, 2.24) is 14.8 Å². The fourth-order valence-corrected chi connectivity index (χ4v) is 4.12. The van der Waals surface area contributed by atoms with Crippen LogP contribution in [0.2, 0.25) is 0 Å². The van der Waals surface area contributed by atoms with E-state index in [2.05, 4.69) is 21.6 Å². The molecule has 7 nitrogen and oxygen atoms in total. The van der Waals surface area contributed by atoms with Crippen molar-refractivity contribution >= 4 is 23.5 Å². The molecule has 172 valence electrons. The van der Waals surface area contributed by atoms with E-state index in [1.807, 2.05) is 39.0 Å². The van der Waals surface area contributed by atoms with E-state index in [-0.39, 0.29) is 16.9 Å². The Balaban J connectivity index is 1.52. The first-order valence-electron chi connectivity index (χ1n) is 10.5. The van der Waals surface area contributed by atoms with Gasteiger partial charge in [-0.25, -0.2) is 4.39 Å². The normalized spacial score (nSPS) is 10.8. The summed E-state index contributed by atoms with van der Waals surface area (Å²) in [5, 5.41) is 20.8. The van der Waals surface area contributed by atoms with E-state index in [1.54, 1.807) is 23.6 Å². The van der Waals surface area contributed by atoms with Crippen LogP contribution in [-0.4, -0.2) is 26.4 Å². The van der Waals surface area contributed by atoms with E-state index in [0.29, 0.717) is 28.5 Å². The number of nitrogens with zero attached hydrogens (tertiary/aromatic N) is 4. The van der Waals surface area contributed by atoms with Crippen molar-refractivity contribution in [2.24, 2.45) is 0 Å². The number of aromatic nitrogens is 3. The van der Waals surface area contributed by atoms with Crippen LogP contribution >= 0.6 is 11.8 Å². The quantitative estimate of drug-likeness (QED) is 0.370. The van der Waals surface area contributed by atoms with E-state index in [4.69, 9.17) is 4.42 Å². The van der Waals surface area contributed by atoms with E-state index >= 15 is 0 Å². The molecule has 2 aromatic heterocycles. The van der Waals surface area contributed by atoms with Gasteiger partial charge in [0, 0.05) is 11.3 Å². The molecule has 2 heterocycles. The summed E-state index contributed by atoms with van der Waals surface area (Å²) in [6.45, 7) is 7.64. The number of thioether (sulfide) groups is 1. The zero-order chi connectivity index (χ0) is 24.4. The van der Waals surface area contributed by atoms with E-state index in [1.165, 1.54) is 17.7 Å². The third-order valence-corrected chi connectivity index (χ3v) is 6.46. The minimum Gasteiger partial charge on any atom is -0.411 e. The predicted octanol–water partition coefficient (Wildman–Crippen LogP) is 5.50. The van der Waals surface area contributed by atoms with Gasteiger partial charge in [0.2, 0.25) is 11.8 Å². The van der Waals surface area contributed by atoms with Crippen molar-refractivity contribution < 1.29 is 13.6 Å². The second-order valence-electron chi connectivity index (χ2n) is 7.87. The van der Waals surface area contributed by atoms with Crippen LogP contribution in [0.25, 0.3) is 17.1 Å². The first-order chi connectivity index (χ1) is 16.3. The second-order valence-corrected chi connectivity index (χ2v) is 8.80. The number of carbonyl (C=O) groups excluding carboxylic acids is 1. The Hall–Kier alpha value is -3.90. The maximum absolute atomic E-state index is 13.9. The molecule has 0 unspecified atom stereocenters. The van der Waals surface area contributed by atoms with Gasteiger partial charge in [-0.1, -0.05) is 23.9 Å². The third-order valence-electron chi connectivity index (χ3n) is 5.64. The molecule has 0 saturated heterocycles. The van der Waals surface area contributed by atoms with E-state index < -0.39 is 5.82 Å². The lowest BCUT2D eigenvalue weighted by atomic mass is 10.1. The molecule has 0 spiro atoms. The molecule has 2 aromatic carbocycles. The zero-order valence-electron chi connectivity index (χ0n) is 19.1. The van der Waals surface area contributed by atoms with Crippen molar-refractivity contribution in [2.75, 3.05) is 11.1 Å². The maximum Gasteiger partial charge on any atom is 0.277 e. The molecule has 0 atom stereocenters. The number of halogens is 1. The van der Waals surface area contributed by atoms with Gasteiger partial charge in [-0.15, -0.1) is 10.2 Å². The van der Waals surface area contributed by atoms with Gasteiger partial charge in [0.25, 0.3) is 5.22 Å². The Kier molecular flexibility index (Phi) is 6.52. The molecule has 4 rings (SSSR count). The highest BCUT2D eigenvalue weighted by Gasteiger charge is 2.21. The third kappa shape index (κ3) is 4.58. The minimum absolute atomic E-state index is 0.00808. The molecule has 34 heavy (non-hydrogen) atoms. The fraction of sp³-hybridized carbons (Fsp3) is 0.200. The van der Waals surface area contributed by atoms with Crippen LogP contribution in [0.5, 0.6) is 0 Å². The monoisotopic (exact) mass is 475 g/mol. The maximum atomic E-state index is 13.9. The van der Waals surface area contributed by atoms with Crippen LogP contribution in [0.3, 0.4) is 0 Å². The number of nitriles is 1. The van der Waals surface area contributed by atoms with E-state index in [9.17, 15) is 14.4 Å². The highest BCUT2D eigenvalue weighted by molar-refractivity contribution is 7.99. The summed E-state index contributed by atoms with van der Waals surface area (Å²) < 4.78 is 21.2. The Labute approximate surface area is 200 Å². The number of aryl methyl sites for hydroxylation is 2. The molecule has 0 saturated carbocycles. The summed E-state index contributed by atoms with van der Waals surface area (Å²) in [5.41, 5.74) is 5.38. The second kappa shape index (κ2) is 9.53. The van der Waals surface area contributed by atoms with Gasteiger partial charge in [-0.05, 0) is 74.7 Å². The minimum atomic E-state index is -0.412. The summed E-state index contributed by atoms with van der Waals surface area (Å²) >= 11 is 1.09. The number of hydrogen-bond acceptors (Lipinski definition) is 6. The van der Waals surface area contributed by atoms with Crippen molar-refractivity contribution in [3.63, 3.8) is 0 Å². The summed E-state index contributed by atoms with van der Waals surface area (Å²) in [5.74, 6) is -0.0986. The number of amides is 1.